The molecule has 8 heteroatoms. The molecule has 1 rings (SSSR count). The largest absolute Gasteiger partial charge is 0.480 e. The van der Waals surface area contributed by atoms with Gasteiger partial charge < -0.3 is 10.4 Å². The number of carboxylic acids is 1. The number of carbonyl (C=O) groups excluding carboxylic acids is 1. The minimum absolute atomic E-state index is 0.0204. The summed E-state index contributed by atoms with van der Waals surface area (Å²) in [6, 6.07) is -0.990. The maximum Gasteiger partial charge on any atom is 0.326 e. The molecular weight excluding hydrogens is 290 g/mol. The Hall–Kier alpha value is -1.34. The average Bonchev–Trinajstić information content (AvgIpc) is 2.35. The summed E-state index contributed by atoms with van der Waals surface area (Å²) < 4.78 is 0. The fraction of sp³-hybridized carbons (Fsp3) is 0.455. The smallest absolute Gasteiger partial charge is 0.326 e. The van der Waals surface area contributed by atoms with E-state index in [1.807, 2.05) is 0 Å². The van der Waals surface area contributed by atoms with Crippen LogP contribution in [0.1, 0.15) is 24.3 Å². The first kappa shape index (κ1) is 15.7. The molecule has 1 amide bonds. The zero-order valence-corrected chi connectivity index (χ0v) is 12.2. The maximum atomic E-state index is 12.0. The van der Waals surface area contributed by atoms with E-state index in [-0.39, 0.29) is 16.6 Å². The molecule has 1 heterocycles. The Kier molecular flexibility index (Phi) is 5.56. The van der Waals surface area contributed by atoms with E-state index in [1.165, 1.54) is 18.0 Å². The predicted molar refractivity (Wildman–Crippen MR) is 72.6 cm³/mol. The van der Waals surface area contributed by atoms with Crippen LogP contribution in [0.3, 0.4) is 0 Å². The van der Waals surface area contributed by atoms with E-state index < -0.39 is 17.9 Å². The molecule has 6 nitrogen and oxygen atoms in total. The first-order chi connectivity index (χ1) is 8.86. The van der Waals surface area contributed by atoms with Gasteiger partial charge in [-0.1, -0.05) is 37.2 Å². The molecule has 19 heavy (non-hydrogen) atoms. The fourth-order valence-electron chi connectivity index (χ4n) is 1.33. The van der Waals surface area contributed by atoms with Crippen LogP contribution in [0.4, 0.5) is 0 Å². The van der Waals surface area contributed by atoms with Crippen molar-refractivity contribution in [3.05, 3.63) is 16.9 Å². The number of nitrogens with one attached hydrogen (secondary N) is 1. The van der Waals surface area contributed by atoms with Crippen molar-refractivity contribution in [3.8, 4) is 0 Å². The molecule has 0 saturated carbocycles. The van der Waals surface area contributed by atoms with Crippen LogP contribution < -0.4 is 5.32 Å². The molecular formula is C11H14ClN3O3S. The Morgan fingerprint density at radius 3 is 2.58 bits per heavy atom. The van der Waals surface area contributed by atoms with Crippen molar-refractivity contribution < 1.29 is 14.7 Å². The topological polar surface area (TPSA) is 92.2 Å². The molecule has 0 spiro atoms. The van der Waals surface area contributed by atoms with Crippen LogP contribution in [0, 0.1) is 5.92 Å². The van der Waals surface area contributed by atoms with E-state index >= 15 is 0 Å². The van der Waals surface area contributed by atoms with Gasteiger partial charge in [0.2, 0.25) is 0 Å². The van der Waals surface area contributed by atoms with Crippen LogP contribution >= 0.6 is 23.4 Å². The number of amides is 1. The van der Waals surface area contributed by atoms with Gasteiger partial charge in [-0.25, -0.2) is 14.8 Å². The van der Waals surface area contributed by atoms with Gasteiger partial charge >= 0.3 is 5.97 Å². The average molecular weight is 304 g/mol. The van der Waals surface area contributed by atoms with Crippen molar-refractivity contribution in [3.63, 3.8) is 0 Å². The Bertz CT molecular complexity index is 496. The molecule has 104 valence electrons. The molecule has 1 aromatic rings. The Labute approximate surface area is 120 Å². The molecule has 0 unspecified atom stereocenters. The van der Waals surface area contributed by atoms with Gasteiger partial charge in [0.15, 0.2) is 10.9 Å². The van der Waals surface area contributed by atoms with Crippen molar-refractivity contribution in [2.75, 3.05) is 6.26 Å². The number of aliphatic carboxylic acids is 1. The predicted octanol–water partition coefficient (Wildman–Crippen LogP) is 1.69. The summed E-state index contributed by atoms with van der Waals surface area (Å²) in [5.41, 5.74) is -0.0204. The minimum atomic E-state index is -1.10. The molecule has 1 aromatic heterocycles. The molecule has 0 aliphatic rings. The van der Waals surface area contributed by atoms with Crippen LogP contribution in [-0.2, 0) is 4.79 Å². The van der Waals surface area contributed by atoms with Crippen LogP contribution in [0.5, 0.6) is 0 Å². The van der Waals surface area contributed by atoms with E-state index in [0.717, 1.165) is 0 Å². The maximum absolute atomic E-state index is 12.0. The lowest BCUT2D eigenvalue weighted by molar-refractivity contribution is -0.140. The van der Waals surface area contributed by atoms with Gasteiger partial charge in [-0.2, -0.15) is 0 Å². The highest BCUT2D eigenvalue weighted by Crippen LogP contribution is 2.17. The van der Waals surface area contributed by atoms with Crippen molar-refractivity contribution in [1.29, 1.82) is 0 Å². The number of aromatic nitrogens is 2. The van der Waals surface area contributed by atoms with E-state index in [0.29, 0.717) is 5.16 Å². The summed E-state index contributed by atoms with van der Waals surface area (Å²) in [7, 11) is 0. The highest BCUT2D eigenvalue weighted by atomic mass is 35.5. The summed E-state index contributed by atoms with van der Waals surface area (Å²) in [5.74, 6) is -1.97. The fourth-order valence-corrected chi connectivity index (χ4v) is 1.85. The van der Waals surface area contributed by atoms with Gasteiger partial charge in [0.25, 0.3) is 5.91 Å². The lowest BCUT2D eigenvalue weighted by atomic mass is 10.0. The molecule has 0 fully saturated rings. The van der Waals surface area contributed by atoms with Crippen molar-refractivity contribution in [1.82, 2.24) is 15.3 Å². The van der Waals surface area contributed by atoms with Crippen molar-refractivity contribution >= 4 is 35.2 Å². The van der Waals surface area contributed by atoms with Crippen LogP contribution in [0.15, 0.2) is 11.4 Å². The number of halogens is 1. The Balaban J connectivity index is 2.97. The lowest BCUT2D eigenvalue weighted by Gasteiger charge is -2.17. The Morgan fingerprint density at radius 2 is 2.11 bits per heavy atom. The molecule has 0 radical (unpaired) electrons. The molecule has 2 N–H and O–H groups in total. The quantitative estimate of drug-likeness (QED) is 0.635. The third-order valence-electron chi connectivity index (χ3n) is 2.34. The van der Waals surface area contributed by atoms with Gasteiger partial charge in [0, 0.05) is 0 Å². The lowest BCUT2D eigenvalue weighted by Crippen LogP contribution is -2.44. The minimum Gasteiger partial charge on any atom is -0.480 e. The summed E-state index contributed by atoms with van der Waals surface area (Å²) in [6.45, 7) is 3.40. The molecule has 0 aliphatic heterocycles. The highest BCUT2D eigenvalue weighted by Gasteiger charge is 2.25. The number of hydrogen-bond acceptors (Lipinski definition) is 5. The van der Waals surface area contributed by atoms with Gasteiger partial charge in [-0.3, -0.25) is 4.79 Å². The second kappa shape index (κ2) is 6.72. The van der Waals surface area contributed by atoms with Crippen LogP contribution in [0.25, 0.3) is 0 Å². The van der Waals surface area contributed by atoms with Gasteiger partial charge in [-0.15, -0.1) is 0 Å². The molecule has 0 saturated heterocycles. The third kappa shape index (κ3) is 4.07. The van der Waals surface area contributed by atoms with Crippen LogP contribution in [-0.4, -0.2) is 39.2 Å². The summed E-state index contributed by atoms with van der Waals surface area (Å²) in [4.78, 5) is 30.9. The van der Waals surface area contributed by atoms with E-state index in [2.05, 4.69) is 15.3 Å². The van der Waals surface area contributed by atoms with Crippen molar-refractivity contribution in [2.45, 2.75) is 25.0 Å². The monoisotopic (exact) mass is 303 g/mol. The second-order valence-corrected chi connectivity index (χ2v) is 5.27. The molecule has 0 aliphatic carbocycles. The number of carbonyl (C=O) groups is 2. The van der Waals surface area contributed by atoms with Gasteiger partial charge in [0.05, 0.1) is 11.2 Å². The zero-order valence-electron chi connectivity index (χ0n) is 10.7. The van der Waals surface area contributed by atoms with E-state index in [1.54, 1.807) is 20.1 Å². The standard InChI is InChI=1S/C11H14ClN3O3S/c1-5(2)7(10(17)18)14-9(16)8-6(12)4-13-11(15-8)19-3/h4-5,7H,1-3H3,(H,14,16)(H,17,18)/t7-/m0/s1. The van der Waals surface area contributed by atoms with E-state index in [4.69, 9.17) is 16.7 Å². The summed E-state index contributed by atoms with van der Waals surface area (Å²) >= 11 is 7.11. The van der Waals surface area contributed by atoms with E-state index in [9.17, 15) is 9.59 Å². The Morgan fingerprint density at radius 1 is 1.47 bits per heavy atom. The first-order valence-electron chi connectivity index (χ1n) is 5.47. The third-order valence-corrected chi connectivity index (χ3v) is 3.18. The number of hydrogen-bond donors (Lipinski definition) is 2. The molecule has 1 atom stereocenters. The summed E-state index contributed by atoms with van der Waals surface area (Å²) in [5, 5.41) is 11.9. The number of rotatable bonds is 5. The number of carboxylic acid groups (broad SMARTS) is 1. The zero-order chi connectivity index (χ0) is 14.6. The van der Waals surface area contributed by atoms with Crippen LogP contribution in [0.2, 0.25) is 5.02 Å². The molecule has 0 bridgehead atoms. The second-order valence-electron chi connectivity index (χ2n) is 4.09. The van der Waals surface area contributed by atoms with Crippen molar-refractivity contribution in [2.24, 2.45) is 5.92 Å². The van der Waals surface area contributed by atoms with Gasteiger partial charge in [0.1, 0.15) is 6.04 Å². The van der Waals surface area contributed by atoms with Gasteiger partial charge in [-0.05, 0) is 12.2 Å². The highest BCUT2D eigenvalue weighted by molar-refractivity contribution is 7.98. The number of nitrogens with zero attached hydrogens (tertiary/aromatic N) is 2. The summed E-state index contributed by atoms with van der Waals surface area (Å²) in [6.07, 6.45) is 3.08. The number of thioether (sulfide) groups is 1. The SMILES string of the molecule is CSc1ncc(Cl)c(C(=O)N[C@H](C(=O)O)C(C)C)n1. The first-order valence-corrected chi connectivity index (χ1v) is 7.07. The normalized spacial score (nSPS) is 12.3. The molecule has 0 aromatic carbocycles.